The Kier molecular flexibility index (Phi) is 6.15. The molecule has 0 radical (unpaired) electrons. The van der Waals surface area contributed by atoms with Gasteiger partial charge in [-0.15, -0.1) is 0 Å². The van der Waals surface area contributed by atoms with Gasteiger partial charge in [0.2, 0.25) is 5.91 Å². The molecule has 23 heavy (non-hydrogen) atoms. The molecule has 1 atom stereocenters. The average molecular weight is 341 g/mol. The van der Waals surface area contributed by atoms with Crippen LogP contribution in [0.2, 0.25) is 0 Å². The lowest BCUT2D eigenvalue weighted by atomic mass is 9.91. The van der Waals surface area contributed by atoms with Crippen LogP contribution in [0.1, 0.15) is 19.3 Å². The minimum atomic E-state index is -3.44. The molecule has 1 heterocycles. The number of likely N-dealkylation sites (tertiary alicyclic amines) is 1. The van der Waals surface area contributed by atoms with Gasteiger partial charge in [-0.3, -0.25) is 4.79 Å². The van der Waals surface area contributed by atoms with Crippen LogP contribution in [0.3, 0.4) is 0 Å². The Bertz CT molecular complexity index is 609. The van der Waals surface area contributed by atoms with E-state index < -0.39 is 15.9 Å². The van der Waals surface area contributed by atoms with Gasteiger partial charge in [-0.05, 0) is 30.9 Å². The molecule has 0 aliphatic carbocycles. The number of amides is 1. The van der Waals surface area contributed by atoms with Crippen molar-refractivity contribution < 1.29 is 23.4 Å². The molecule has 6 nitrogen and oxygen atoms in total. The lowest BCUT2D eigenvalue weighted by Gasteiger charge is -2.33. The first-order chi connectivity index (χ1) is 10.9. The van der Waals surface area contributed by atoms with E-state index >= 15 is 0 Å². The summed E-state index contributed by atoms with van der Waals surface area (Å²) in [7, 11) is -3.44. The largest absolute Gasteiger partial charge is 0.394 e. The van der Waals surface area contributed by atoms with Crippen molar-refractivity contribution in [1.29, 1.82) is 0 Å². The number of sulfone groups is 1. The van der Waals surface area contributed by atoms with Crippen LogP contribution >= 0.6 is 0 Å². The third kappa shape index (κ3) is 4.76. The first kappa shape index (κ1) is 17.9. The fraction of sp³-hybridized carbons (Fsp3) is 0.562. The number of rotatable bonds is 6. The standard InChI is InChI=1S/C16H23NO5S/c18-12-15(19)13-6-9-17(10-7-13)16(20)8-11-23(21,22)14-4-2-1-3-5-14/h1-5,13,15,18-19H,6-12H2. The highest BCUT2D eigenvalue weighted by Crippen LogP contribution is 2.21. The number of piperidine rings is 1. The molecule has 1 amide bonds. The van der Waals surface area contributed by atoms with Gasteiger partial charge in [0, 0.05) is 19.5 Å². The molecule has 0 aromatic heterocycles. The summed E-state index contributed by atoms with van der Waals surface area (Å²) >= 11 is 0. The maximum absolute atomic E-state index is 12.2. The van der Waals surface area contributed by atoms with Crippen molar-refractivity contribution in [2.24, 2.45) is 5.92 Å². The summed E-state index contributed by atoms with van der Waals surface area (Å²) in [6, 6.07) is 8.12. The Labute approximate surface area is 136 Å². The van der Waals surface area contributed by atoms with Crippen molar-refractivity contribution >= 4 is 15.7 Å². The maximum Gasteiger partial charge on any atom is 0.223 e. The second-order valence-corrected chi connectivity index (χ2v) is 7.96. The van der Waals surface area contributed by atoms with Gasteiger partial charge >= 0.3 is 0 Å². The Balaban J connectivity index is 1.84. The normalized spacial score (nSPS) is 17.9. The Morgan fingerprint density at radius 2 is 1.83 bits per heavy atom. The number of carbonyl (C=O) groups excluding carboxylic acids is 1. The summed E-state index contributed by atoms with van der Waals surface area (Å²) in [5, 5.41) is 18.6. The lowest BCUT2D eigenvalue weighted by Crippen LogP contribution is -2.42. The molecule has 2 N–H and O–H groups in total. The minimum absolute atomic E-state index is 0.00268. The van der Waals surface area contributed by atoms with E-state index in [-0.39, 0.29) is 35.5 Å². The molecule has 1 aliphatic rings. The molecular formula is C16H23NO5S. The molecular weight excluding hydrogens is 318 g/mol. The van der Waals surface area contributed by atoms with Crippen molar-refractivity contribution in [2.75, 3.05) is 25.4 Å². The third-order valence-corrected chi connectivity index (χ3v) is 6.04. The van der Waals surface area contributed by atoms with Gasteiger partial charge < -0.3 is 15.1 Å². The lowest BCUT2D eigenvalue weighted by molar-refractivity contribution is -0.132. The van der Waals surface area contributed by atoms with Crippen LogP contribution in [0.4, 0.5) is 0 Å². The molecule has 0 bridgehead atoms. The Hall–Kier alpha value is -1.44. The summed E-state index contributed by atoms with van der Waals surface area (Å²) in [6.07, 6.45) is 0.466. The van der Waals surface area contributed by atoms with Crippen molar-refractivity contribution in [3.63, 3.8) is 0 Å². The highest BCUT2D eigenvalue weighted by molar-refractivity contribution is 7.91. The van der Waals surface area contributed by atoms with Gasteiger partial charge in [0.25, 0.3) is 0 Å². The summed E-state index contributed by atoms with van der Waals surface area (Å²) in [5.74, 6) is -0.381. The molecule has 1 aromatic rings. The first-order valence-corrected chi connectivity index (χ1v) is 9.44. The zero-order valence-corrected chi connectivity index (χ0v) is 13.8. The highest BCUT2D eigenvalue weighted by atomic mass is 32.2. The molecule has 1 fully saturated rings. The number of aliphatic hydroxyl groups is 2. The van der Waals surface area contributed by atoms with E-state index in [9.17, 15) is 18.3 Å². The van der Waals surface area contributed by atoms with Crippen LogP contribution in [0.15, 0.2) is 35.2 Å². The summed E-state index contributed by atoms with van der Waals surface area (Å²) in [5.41, 5.74) is 0. The molecule has 1 saturated heterocycles. The third-order valence-electron chi connectivity index (χ3n) is 4.31. The summed E-state index contributed by atoms with van der Waals surface area (Å²) in [4.78, 5) is 14.0. The molecule has 2 rings (SSSR count). The van der Waals surface area contributed by atoms with Gasteiger partial charge in [-0.2, -0.15) is 0 Å². The zero-order chi connectivity index (χ0) is 16.9. The predicted octanol–water partition coefficient (Wildman–Crippen LogP) is 0.442. The highest BCUT2D eigenvalue weighted by Gasteiger charge is 2.27. The molecule has 1 aromatic carbocycles. The van der Waals surface area contributed by atoms with E-state index in [1.807, 2.05) is 0 Å². The number of carbonyl (C=O) groups is 1. The van der Waals surface area contributed by atoms with Crippen LogP contribution in [0.25, 0.3) is 0 Å². The molecule has 0 spiro atoms. The van der Waals surface area contributed by atoms with E-state index in [0.717, 1.165) is 0 Å². The van der Waals surface area contributed by atoms with Crippen molar-refractivity contribution in [2.45, 2.75) is 30.3 Å². The second kappa shape index (κ2) is 7.90. The Morgan fingerprint density at radius 3 is 2.39 bits per heavy atom. The van der Waals surface area contributed by atoms with Crippen molar-refractivity contribution in [3.05, 3.63) is 30.3 Å². The average Bonchev–Trinajstić information content (AvgIpc) is 2.60. The SMILES string of the molecule is O=C(CCS(=O)(=O)c1ccccc1)N1CCC(C(O)CO)CC1. The molecule has 1 unspecified atom stereocenters. The molecule has 1 aliphatic heterocycles. The van der Waals surface area contributed by atoms with E-state index in [2.05, 4.69) is 0 Å². The predicted molar refractivity (Wildman–Crippen MR) is 85.5 cm³/mol. The van der Waals surface area contributed by atoms with Gasteiger partial charge in [-0.25, -0.2) is 8.42 Å². The minimum Gasteiger partial charge on any atom is -0.394 e. The fourth-order valence-corrected chi connectivity index (χ4v) is 4.06. The van der Waals surface area contributed by atoms with Gasteiger partial charge in [0.15, 0.2) is 9.84 Å². The zero-order valence-electron chi connectivity index (χ0n) is 13.0. The number of benzene rings is 1. The molecule has 7 heteroatoms. The van der Waals surface area contributed by atoms with Crippen LogP contribution in [-0.4, -0.2) is 61.0 Å². The number of hydrogen-bond acceptors (Lipinski definition) is 5. The first-order valence-electron chi connectivity index (χ1n) is 7.78. The van der Waals surface area contributed by atoms with Gasteiger partial charge in [0.05, 0.1) is 23.4 Å². The van der Waals surface area contributed by atoms with Crippen molar-refractivity contribution in [1.82, 2.24) is 4.90 Å². The van der Waals surface area contributed by atoms with E-state index in [0.29, 0.717) is 25.9 Å². The van der Waals surface area contributed by atoms with Crippen molar-refractivity contribution in [3.8, 4) is 0 Å². The van der Waals surface area contributed by atoms with Crippen LogP contribution in [-0.2, 0) is 14.6 Å². The topological polar surface area (TPSA) is 94.9 Å². The number of hydrogen-bond donors (Lipinski definition) is 2. The van der Waals surface area contributed by atoms with E-state index in [1.54, 1.807) is 23.1 Å². The molecule has 0 saturated carbocycles. The second-order valence-electron chi connectivity index (χ2n) is 5.85. The smallest absolute Gasteiger partial charge is 0.223 e. The van der Waals surface area contributed by atoms with Crippen LogP contribution < -0.4 is 0 Å². The van der Waals surface area contributed by atoms with Crippen LogP contribution in [0, 0.1) is 5.92 Å². The summed E-state index contributed by atoms with van der Waals surface area (Å²) in [6.45, 7) is 0.714. The quantitative estimate of drug-likeness (QED) is 0.783. The van der Waals surface area contributed by atoms with Gasteiger partial charge in [0.1, 0.15) is 0 Å². The van der Waals surface area contributed by atoms with Crippen LogP contribution in [0.5, 0.6) is 0 Å². The molecule has 128 valence electrons. The number of aliphatic hydroxyl groups excluding tert-OH is 2. The maximum atomic E-state index is 12.2. The van der Waals surface area contributed by atoms with Gasteiger partial charge in [-0.1, -0.05) is 18.2 Å². The Morgan fingerprint density at radius 1 is 1.22 bits per heavy atom. The summed E-state index contributed by atoms with van der Waals surface area (Å²) < 4.78 is 24.3. The monoisotopic (exact) mass is 341 g/mol. The number of nitrogens with zero attached hydrogens (tertiary/aromatic N) is 1. The van der Waals surface area contributed by atoms with E-state index in [4.69, 9.17) is 5.11 Å². The van der Waals surface area contributed by atoms with E-state index in [1.165, 1.54) is 12.1 Å². The fourth-order valence-electron chi connectivity index (χ4n) is 2.81.